The molecule has 0 fully saturated rings. The van der Waals surface area contributed by atoms with Gasteiger partial charge in [0.05, 0.1) is 13.0 Å². The van der Waals surface area contributed by atoms with Crippen LogP contribution in [0.3, 0.4) is 0 Å². The van der Waals surface area contributed by atoms with Crippen LogP contribution in [-0.2, 0) is 16.0 Å². The molecule has 1 rings (SSSR count). The first-order valence-electron chi connectivity index (χ1n) is 5.87. The molecule has 0 saturated heterocycles. The summed E-state index contributed by atoms with van der Waals surface area (Å²) in [6.45, 7) is 0.998. The number of rotatable bonds is 7. The Kier molecular flexibility index (Phi) is 6.32. The molecule has 0 radical (unpaired) electrons. The predicted octanol–water partition coefficient (Wildman–Crippen LogP) is 0.848. The van der Waals surface area contributed by atoms with Crippen molar-refractivity contribution in [2.24, 2.45) is 5.73 Å². The maximum absolute atomic E-state index is 12.7. The monoisotopic (exact) mass is 254 g/mol. The Hall–Kier alpha value is -1.46. The van der Waals surface area contributed by atoms with E-state index in [2.05, 4.69) is 5.32 Å². The van der Waals surface area contributed by atoms with E-state index in [0.717, 1.165) is 5.56 Å². The molecule has 0 saturated carbocycles. The highest BCUT2D eigenvalue weighted by atomic mass is 19.1. The van der Waals surface area contributed by atoms with Crippen LogP contribution in [0.1, 0.15) is 12.0 Å². The topological polar surface area (TPSA) is 64.3 Å². The number of ether oxygens (including phenoxy) is 1. The van der Waals surface area contributed by atoms with Crippen LogP contribution in [0.25, 0.3) is 0 Å². The van der Waals surface area contributed by atoms with Crippen molar-refractivity contribution in [1.29, 1.82) is 0 Å². The summed E-state index contributed by atoms with van der Waals surface area (Å²) in [7, 11) is 1.59. The van der Waals surface area contributed by atoms with Crippen LogP contribution in [0.2, 0.25) is 0 Å². The Bertz CT molecular complexity index is 368. The number of carbonyl (C=O) groups excluding carboxylic acids is 1. The third-order valence-corrected chi connectivity index (χ3v) is 2.50. The third kappa shape index (κ3) is 5.75. The molecular formula is C13H19FN2O2. The summed E-state index contributed by atoms with van der Waals surface area (Å²) in [5, 5.41) is 2.77. The molecule has 1 atom stereocenters. The van der Waals surface area contributed by atoms with E-state index in [9.17, 15) is 9.18 Å². The second kappa shape index (κ2) is 7.79. The number of hydrogen-bond acceptors (Lipinski definition) is 3. The Labute approximate surface area is 106 Å². The van der Waals surface area contributed by atoms with Gasteiger partial charge in [-0.15, -0.1) is 0 Å². The van der Waals surface area contributed by atoms with E-state index in [4.69, 9.17) is 10.5 Å². The molecule has 1 aromatic carbocycles. The molecule has 0 aliphatic carbocycles. The molecule has 5 heteroatoms. The van der Waals surface area contributed by atoms with E-state index in [0.29, 0.717) is 19.6 Å². The second-order valence-electron chi connectivity index (χ2n) is 4.16. The molecule has 1 unspecified atom stereocenters. The van der Waals surface area contributed by atoms with E-state index in [-0.39, 0.29) is 24.2 Å². The number of hydrogen-bond donors (Lipinski definition) is 2. The van der Waals surface area contributed by atoms with E-state index in [1.165, 1.54) is 12.1 Å². The molecule has 0 bridgehead atoms. The molecule has 0 aliphatic heterocycles. The lowest BCUT2D eigenvalue weighted by Gasteiger charge is -2.10. The molecule has 0 heterocycles. The van der Waals surface area contributed by atoms with Gasteiger partial charge in [-0.05, 0) is 24.1 Å². The summed E-state index contributed by atoms with van der Waals surface area (Å²) in [6.07, 6.45) is 0.919. The minimum absolute atomic E-state index is 0.0684. The second-order valence-corrected chi connectivity index (χ2v) is 4.16. The predicted molar refractivity (Wildman–Crippen MR) is 67.6 cm³/mol. The molecule has 1 amide bonds. The van der Waals surface area contributed by atoms with E-state index < -0.39 is 0 Å². The van der Waals surface area contributed by atoms with E-state index in [1.807, 2.05) is 0 Å². The highest BCUT2D eigenvalue weighted by Gasteiger charge is 2.05. The minimum Gasteiger partial charge on any atom is -0.383 e. The minimum atomic E-state index is -0.301. The number of nitrogens with one attached hydrogen (secondary N) is 1. The van der Waals surface area contributed by atoms with Gasteiger partial charge in [0.1, 0.15) is 5.82 Å². The number of benzene rings is 1. The van der Waals surface area contributed by atoms with Gasteiger partial charge in [-0.3, -0.25) is 4.79 Å². The quantitative estimate of drug-likeness (QED) is 0.758. The largest absolute Gasteiger partial charge is 0.383 e. The lowest BCUT2D eigenvalue weighted by Crippen LogP contribution is -2.33. The maximum Gasteiger partial charge on any atom is 0.224 e. The molecule has 0 aliphatic rings. The van der Waals surface area contributed by atoms with Crippen molar-refractivity contribution in [3.05, 3.63) is 35.6 Å². The molecule has 18 heavy (non-hydrogen) atoms. The average Bonchev–Trinajstić information content (AvgIpc) is 2.32. The smallest absolute Gasteiger partial charge is 0.224 e. The SMILES string of the molecule is COCC(N)CCNC(=O)Cc1ccc(F)cc1. The average molecular weight is 254 g/mol. The first-order chi connectivity index (χ1) is 8.61. The first-order valence-corrected chi connectivity index (χ1v) is 5.87. The van der Waals surface area contributed by atoms with Crippen LogP contribution in [-0.4, -0.2) is 32.2 Å². The molecule has 1 aromatic rings. The van der Waals surface area contributed by atoms with Crippen molar-refractivity contribution in [2.45, 2.75) is 18.9 Å². The van der Waals surface area contributed by atoms with Gasteiger partial charge >= 0.3 is 0 Å². The molecule has 100 valence electrons. The highest BCUT2D eigenvalue weighted by molar-refractivity contribution is 5.78. The van der Waals surface area contributed by atoms with Gasteiger partial charge in [-0.25, -0.2) is 4.39 Å². The van der Waals surface area contributed by atoms with Crippen LogP contribution in [0, 0.1) is 5.82 Å². The standard InChI is InChI=1S/C13H19FN2O2/c1-18-9-12(15)6-7-16-13(17)8-10-2-4-11(14)5-3-10/h2-5,12H,6-9,15H2,1H3,(H,16,17). The van der Waals surface area contributed by atoms with Crippen LogP contribution < -0.4 is 11.1 Å². The Morgan fingerprint density at radius 3 is 2.72 bits per heavy atom. The van der Waals surface area contributed by atoms with E-state index in [1.54, 1.807) is 19.2 Å². The Morgan fingerprint density at radius 2 is 2.11 bits per heavy atom. The zero-order chi connectivity index (χ0) is 13.4. The summed E-state index contributed by atoms with van der Waals surface area (Å²) >= 11 is 0. The molecule has 0 aromatic heterocycles. The van der Waals surface area contributed by atoms with Crippen molar-refractivity contribution < 1.29 is 13.9 Å². The number of nitrogens with two attached hydrogens (primary N) is 1. The van der Waals surface area contributed by atoms with Crippen LogP contribution >= 0.6 is 0 Å². The van der Waals surface area contributed by atoms with Gasteiger partial charge in [0.15, 0.2) is 0 Å². The zero-order valence-electron chi connectivity index (χ0n) is 10.5. The van der Waals surface area contributed by atoms with Gasteiger partial charge in [0.2, 0.25) is 5.91 Å². The summed E-state index contributed by atoms with van der Waals surface area (Å²) in [4.78, 5) is 11.6. The molecule has 0 spiro atoms. The van der Waals surface area contributed by atoms with Crippen LogP contribution in [0.4, 0.5) is 4.39 Å². The number of halogens is 1. The summed E-state index contributed by atoms with van der Waals surface area (Å²) in [5.41, 5.74) is 6.51. The fourth-order valence-electron chi connectivity index (χ4n) is 1.54. The van der Waals surface area contributed by atoms with Crippen molar-refractivity contribution >= 4 is 5.91 Å². The normalized spacial score (nSPS) is 12.2. The summed E-state index contributed by atoms with van der Waals surface area (Å²) < 4.78 is 17.6. The lowest BCUT2D eigenvalue weighted by molar-refractivity contribution is -0.120. The molecular weight excluding hydrogens is 235 g/mol. The fourth-order valence-corrected chi connectivity index (χ4v) is 1.54. The summed E-state index contributed by atoms with van der Waals surface area (Å²) in [5.74, 6) is -0.393. The zero-order valence-corrected chi connectivity index (χ0v) is 10.5. The number of methoxy groups -OCH3 is 1. The van der Waals surface area contributed by atoms with Crippen molar-refractivity contribution in [2.75, 3.05) is 20.3 Å². The van der Waals surface area contributed by atoms with E-state index >= 15 is 0 Å². The van der Waals surface area contributed by atoms with Gasteiger partial charge in [-0.2, -0.15) is 0 Å². The van der Waals surface area contributed by atoms with Crippen LogP contribution in [0.15, 0.2) is 24.3 Å². The first kappa shape index (κ1) is 14.6. The maximum atomic E-state index is 12.7. The highest BCUT2D eigenvalue weighted by Crippen LogP contribution is 2.03. The van der Waals surface area contributed by atoms with Gasteiger partial charge in [0, 0.05) is 19.7 Å². The molecule has 4 nitrogen and oxygen atoms in total. The van der Waals surface area contributed by atoms with Gasteiger partial charge in [-0.1, -0.05) is 12.1 Å². The van der Waals surface area contributed by atoms with Crippen molar-refractivity contribution in [1.82, 2.24) is 5.32 Å². The molecule has 3 N–H and O–H groups in total. The fraction of sp³-hybridized carbons (Fsp3) is 0.462. The summed E-state index contributed by atoms with van der Waals surface area (Å²) in [6, 6.07) is 5.83. The number of carbonyl (C=O) groups is 1. The lowest BCUT2D eigenvalue weighted by atomic mass is 10.1. The van der Waals surface area contributed by atoms with Gasteiger partial charge < -0.3 is 15.8 Å². The number of amides is 1. The van der Waals surface area contributed by atoms with Crippen molar-refractivity contribution in [3.8, 4) is 0 Å². The van der Waals surface area contributed by atoms with Crippen LogP contribution in [0.5, 0.6) is 0 Å². The van der Waals surface area contributed by atoms with Gasteiger partial charge in [0.25, 0.3) is 0 Å². The Balaban J connectivity index is 2.23. The third-order valence-electron chi connectivity index (χ3n) is 2.50. The Morgan fingerprint density at radius 1 is 1.44 bits per heavy atom. The van der Waals surface area contributed by atoms with Crippen molar-refractivity contribution in [3.63, 3.8) is 0 Å².